The van der Waals surface area contributed by atoms with Crippen LogP contribution in [0.25, 0.3) is 0 Å². The number of rotatable bonds is 70. The molecule has 2 atom stereocenters. The smallest absolute Gasteiger partial charge is 0.462 e. The molecule has 506 valence electrons. The fourth-order valence-electron chi connectivity index (χ4n) is 11.1. The monoisotopic (exact) mass is 1230 g/mol. The Morgan fingerprint density at radius 2 is 0.628 bits per heavy atom. The molecular formula is C76H145NO8P+. The number of quaternary nitrogens is 1. The first-order valence-electron chi connectivity index (χ1n) is 37.4. The second-order valence-electron chi connectivity index (χ2n) is 26.7. The van der Waals surface area contributed by atoms with Gasteiger partial charge in [-0.15, -0.1) is 0 Å². The molecule has 0 aliphatic carbocycles. The zero-order valence-corrected chi connectivity index (χ0v) is 58.7. The van der Waals surface area contributed by atoms with Crippen molar-refractivity contribution in [1.29, 1.82) is 0 Å². The summed E-state index contributed by atoms with van der Waals surface area (Å²) in [6.07, 6.45) is 88.1. The van der Waals surface area contributed by atoms with E-state index < -0.39 is 26.5 Å². The van der Waals surface area contributed by atoms with Crippen molar-refractivity contribution >= 4 is 19.8 Å². The van der Waals surface area contributed by atoms with Crippen molar-refractivity contribution in [2.24, 2.45) is 0 Å². The van der Waals surface area contributed by atoms with Gasteiger partial charge in [0.1, 0.15) is 19.8 Å². The number of nitrogens with zero attached hydrogens (tertiary/aromatic N) is 1. The van der Waals surface area contributed by atoms with Crippen LogP contribution in [0.1, 0.15) is 373 Å². The number of unbranched alkanes of at least 4 members (excludes halogenated alkanes) is 48. The topological polar surface area (TPSA) is 108 Å². The number of esters is 2. The normalized spacial score (nSPS) is 13.3. The standard InChI is InChI=1S/C76H144NO8P/c1-6-8-10-12-14-16-18-20-22-24-26-28-30-32-33-34-35-36-37-38-39-40-41-42-43-45-46-48-50-52-54-56-58-60-62-64-66-68-75(78)82-72-74(73-84-86(80,81)83-71-70-77(3,4)5)85-76(79)69-67-65-63-61-59-57-55-53-51-49-47-44-31-29-27-25-23-21-19-17-15-13-11-9-7-2/h19,21,24-27,31,44,74H,6-18,20,22-23,28-30,32-43,45-73H2,1-5H3/p+1/b21-19-,26-24-,27-25-,44-31-. The number of carbonyl (C=O) groups is 2. The molecule has 0 fully saturated rings. The van der Waals surface area contributed by atoms with Crippen LogP contribution in [0.2, 0.25) is 0 Å². The Morgan fingerprint density at radius 3 is 0.942 bits per heavy atom. The zero-order chi connectivity index (χ0) is 62.6. The Labute approximate surface area is 534 Å². The van der Waals surface area contributed by atoms with Crippen LogP contribution < -0.4 is 0 Å². The largest absolute Gasteiger partial charge is 0.472 e. The fourth-order valence-corrected chi connectivity index (χ4v) is 11.8. The third-order valence-corrected chi connectivity index (χ3v) is 17.8. The number of phosphoric acid groups is 1. The minimum Gasteiger partial charge on any atom is -0.462 e. The molecule has 0 aromatic heterocycles. The van der Waals surface area contributed by atoms with Crippen molar-refractivity contribution < 1.29 is 42.1 Å². The fraction of sp³-hybridized carbons (Fsp3) is 0.868. The number of ether oxygens (including phenoxy) is 2. The molecule has 0 aliphatic rings. The van der Waals surface area contributed by atoms with E-state index in [1.54, 1.807) is 0 Å². The Bertz CT molecular complexity index is 1590. The molecule has 0 heterocycles. The molecule has 0 bridgehead atoms. The summed E-state index contributed by atoms with van der Waals surface area (Å²) in [4.78, 5) is 35.9. The van der Waals surface area contributed by atoms with Crippen LogP contribution in [0.3, 0.4) is 0 Å². The van der Waals surface area contributed by atoms with Gasteiger partial charge in [0, 0.05) is 12.8 Å². The molecule has 0 saturated heterocycles. The molecule has 0 aromatic carbocycles. The van der Waals surface area contributed by atoms with Crippen LogP contribution in [0.15, 0.2) is 48.6 Å². The summed E-state index contributed by atoms with van der Waals surface area (Å²) >= 11 is 0. The maximum absolute atomic E-state index is 12.9. The maximum Gasteiger partial charge on any atom is 0.472 e. The Kier molecular flexibility index (Phi) is 65.8. The van der Waals surface area contributed by atoms with E-state index in [-0.39, 0.29) is 25.6 Å². The van der Waals surface area contributed by atoms with E-state index in [9.17, 15) is 19.0 Å². The molecule has 0 aromatic rings. The predicted octanol–water partition coefficient (Wildman–Crippen LogP) is 24.4. The Balaban J connectivity index is 3.94. The number of hydrogen-bond acceptors (Lipinski definition) is 7. The molecule has 0 saturated carbocycles. The van der Waals surface area contributed by atoms with Gasteiger partial charge in [-0.05, 0) is 77.0 Å². The van der Waals surface area contributed by atoms with Crippen LogP contribution in [0.4, 0.5) is 0 Å². The van der Waals surface area contributed by atoms with E-state index in [0.29, 0.717) is 23.9 Å². The molecule has 1 N–H and O–H groups in total. The van der Waals surface area contributed by atoms with Crippen molar-refractivity contribution in [1.82, 2.24) is 0 Å². The lowest BCUT2D eigenvalue weighted by atomic mass is 10.0. The molecule has 9 nitrogen and oxygen atoms in total. The second kappa shape index (κ2) is 67.4. The van der Waals surface area contributed by atoms with Gasteiger partial charge in [0.2, 0.25) is 0 Å². The highest BCUT2D eigenvalue weighted by atomic mass is 31.2. The van der Waals surface area contributed by atoms with Crippen molar-refractivity contribution in [3.05, 3.63) is 48.6 Å². The molecule has 2 unspecified atom stereocenters. The molecule has 86 heavy (non-hydrogen) atoms. The minimum atomic E-state index is -4.39. The van der Waals surface area contributed by atoms with Crippen LogP contribution in [-0.4, -0.2) is 74.9 Å². The van der Waals surface area contributed by atoms with Gasteiger partial charge >= 0.3 is 19.8 Å². The van der Waals surface area contributed by atoms with E-state index in [2.05, 4.69) is 62.5 Å². The summed E-state index contributed by atoms with van der Waals surface area (Å²) < 4.78 is 34.8. The van der Waals surface area contributed by atoms with Gasteiger partial charge in [0.05, 0.1) is 27.7 Å². The number of allylic oxidation sites excluding steroid dienone is 8. The molecule has 0 rings (SSSR count). The third kappa shape index (κ3) is 71.1. The average molecular weight is 1230 g/mol. The SMILES string of the molecule is CCCCCCC/C=C\C/C=C\C/C=C\CCCCCCCCCCCCC(=O)OC(COC(=O)CCCCCCCCCCCCCCCCCCCCCCCCCCC/C=C\CCCCCCCCCC)COP(=O)(O)OCC[N+](C)(C)C. The Hall–Kier alpha value is -2.03. The highest BCUT2D eigenvalue weighted by molar-refractivity contribution is 7.47. The maximum atomic E-state index is 12.9. The van der Waals surface area contributed by atoms with Crippen molar-refractivity contribution in [2.75, 3.05) is 47.5 Å². The van der Waals surface area contributed by atoms with Gasteiger partial charge in [0.25, 0.3) is 0 Å². The highest BCUT2D eigenvalue weighted by Crippen LogP contribution is 2.43. The van der Waals surface area contributed by atoms with Crippen molar-refractivity contribution in [3.63, 3.8) is 0 Å². The number of hydrogen-bond donors (Lipinski definition) is 1. The number of likely N-dealkylation sites (N-methyl/N-ethyl adjacent to an activating group) is 1. The quantitative estimate of drug-likeness (QED) is 0.0211. The van der Waals surface area contributed by atoms with Gasteiger partial charge in [-0.3, -0.25) is 18.6 Å². The Morgan fingerprint density at radius 1 is 0.360 bits per heavy atom. The van der Waals surface area contributed by atoms with Crippen LogP contribution in [0.5, 0.6) is 0 Å². The lowest BCUT2D eigenvalue weighted by molar-refractivity contribution is -0.870. The first kappa shape index (κ1) is 84.0. The summed E-state index contributed by atoms with van der Waals surface area (Å²) in [5.74, 6) is -0.784. The van der Waals surface area contributed by atoms with Gasteiger partial charge in [-0.1, -0.05) is 332 Å². The lowest BCUT2D eigenvalue weighted by Crippen LogP contribution is -2.37. The van der Waals surface area contributed by atoms with Gasteiger partial charge < -0.3 is 18.9 Å². The van der Waals surface area contributed by atoms with Crippen LogP contribution in [0, 0.1) is 0 Å². The zero-order valence-electron chi connectivity index (χ0n) is 57.8. The van der Waals surface area contributed by atoms with Gasteiger partial charge in [-0.2, -0.15) is 0 Å². The molecular weight excluding hydrogens is 1090 g/mol. The summed E-state index contributed by atoms with van der Waals surface area (Å²) in [5, 5.41) is 0. The minimum absolute atomic E-state index is 0.0319. The predicted molar refractivity (Wildman–Crippen MR) is 372 cm³/mol. The van der Waals surface area contributed by atoms with E-state index in [1.807, 2.05) is 21.1 Å². The molecule has 0 aliphatic heterocycles. The molecule has 0 amide bonds. The van der Waals surface area contributed by atoms with E-state index in [0.717, 1.165) is 51.4 Å². The summed E-state index contributed by atoms with van der Waals surface area (Å²) in [5.41, 5.74) is 0. The lowest BCUT2D eigenvalue weighted by Gasteiger charge is -2.24. The van der Waals surface area contributed by atoms with Gasteiger partial charge in [-0.25, -0.2) is 4.57 Å². The summed E-state index contributed by atoms with van der Waals surface area (Å²) in [6.45, 7) is 4.48. The second-order valence-corrected chi connectivity index (χ2v) is 28.1. The molecule has 10 heteroatoms. The van der Waals surface area contributed by atoms with E-state index in [4.69, 9.17) is 18.5 Å². The average Bonchev–Trinajstić information content (AvgIpc) is 3.70. The molecule has 0 radical (unpaired) electrons. The third-order valence-electron chi connectivity index (χ3n) is 16.8. The van der Waals surface area contributed by atoms with Crippen LogP contribution >= 0.6 is 7.82 Å². The summed E-state index contributed by atoms with van der Waals surface area (Å²) in [7, 11) is 1.49. The van der Waals surface area contributed by atoms with Gasteiger partial charge in [0.15, 0.2) is 6.10 Å². The molecule has 0 spiro atoms. The first-order valence-corrected chi connectivity index (χ1v) is 38.9. The van der Waals surface area contributed by atoms with Crippen molar-refractivity contribution in [2.45, 2.75) is 380 Å². The first-order chi connectivity index (χ1) is 42.0. The van der Waals surface area contributed by atoms with E-state index in [1.165, 1.54) is 289 Å². The highest BCUT2D eigenvalue weighted by Gasteiger charge is 2.27. The number of carbonyl (C=O) groups excluding carboxylic acids is 2. The van der Waals surface area contributed by atoms with Crippen LogP contribution in [-0.2, 0) is 32.7 Å². The van der Waals surface area contributed by atoms with Crippen molar-refractivity contribution in [3.8, 4) is 0 Å². The van der Waals surface area contributed by atoms with E-state index >= 15 is 0 Å². The summed E-state index contributed by atoms with van der Waals surface area (Å²) in [6, 6.07) is 0. The number of phosphoric ester groups is 1.